The largest absolute Gasteiger partial charge is 0.445 e. The predicted molar refractivity (Wildman–Crippen MR) is 272 cm³/mol. The van der Waals surface area contributed by atoms with E-state index >= 15 is 0 Å². The molecule has 0 bridgehead atoms. The number of aromatic nitrogens is 4. The summed E-state index contributed by atoms with van der Waals surface area (Å²) in [6, 6.07) is 11.6. The van der Waals surface area contributed by atoms with Crippen LogP contribution in [0, 0.1) is 36.4 Å². The Bertz CT molecular complexity index is 2930. The summed E-state index contributed by atoms with van der Waals surface area (Å²) < 4.78 is 26.5. The first-order valence-electron chi connectivity index (χ1n) is 24.8. The lowest BCUT2D eigenvalue weighted by atomic mass is 9.89. The van der Waals surface area contributed by atoms with Gasteiger partial charge in [0.1, 0.15) is 29.6 Å². The van der Waals surface area contributed by atoms with Crippen LogP contribution in [-0.2, 0) is 35.3 Å². The molecule has 2 aliphatic heterocycles. The van der Waals surface area contributed by atoms with Gasteiger partial charge in [0.05, 0.1) is 28.8 Å². The molecule has 74 heavy (non-hydrogen) atoms. The number of nitrogens with one attached hydrogen (secondary N) is 6. The number of hydrogen-bond donors (Lipinski definition) is 7. The fourth-order valence-electron chi connectivity index (χ4n) is 9.59. The second-order valence-corrected chi connectivity index (χ2v) is 19.3. The quantitative estimate of drug-likeness (QED) is 0.0287. The van der Waals surface area contributed by atoms with E-state index in [1.54, 1.807) is 57.4 Å². The molecular formula is C52H61FN12O9. The Hall–Kier alpha value is -8.17. The van der Waals surface area contributed by atoms with Crippen molar-refractivity contribution in [2.45, 2.75) is 84.4 Å². The number of ketones is 1. The Labute approximate surface area is 426 Å². The van der Waals surface area contributed by atoms with Crippen molar-refractivity contribution >= 4 is 80.7 Å². The molecule has 7 amide bonds. The number of hydrogen-bond acceptors (Lipinski definition) is 14. The number of anilines is 3. The van der Waals surface area contributed by atoms with E-state index in [-0.39, 0.29) is 92.3 Å². The lowest BCUT2D eigenvalue weighted by Crippen LogP contribution is -2.45. The fourth-order valence-corrected chi connectivity index (χ4v) is 9.59. The zero-order valence-corrected chi connectivity index (χ0v) is 41.7. The van der Waals surface area contributed by atoms with Crippen molar-refractivity contribution in [1.29, 1.82) is 0 Å². The number of pyridine rings is 1. The molecule has 390 valence electrons. The lowest BCUT2D eigenvalue weighted by molar-refractivity contribution is -0.137. The standard InChI is InChI=1S/C52H61FN12O9/c1-28(2)44(59-40(67)10-6-5-7-20-65-41(68)17-18-42(65)69)39(66)21-31(9-8-19-56-50(54)71)49(70)58-33-14-12-30(13-15-33)27-73-52(72)61-45-36-25-64(26-37(36)45)48-43-35-22-32(53)23-38(55-4)46(35)60-47(43)62-51(63-48)74-34-16-11-29(3)57-24-34/h11-18,22-24,28,31,36-37,44-45,55H,5-10,19-21,25-27H2,1-4H3,(H,58,70)(H,59,67)(H,61,72)(H3,54,56,71)(H,60,62,63)/t31-,36-,37+,44+,45?/m1/s1. The van der Waals surface area contributed by atoms with Crippen LogP contribution in [0.1, 0.15) is 70.1 Å². The number of Topliss-reactive ketones (excluding diaryl/α,β-unsaturated/α-hetero) is 1. The van der Waals surface area contributed by atoms with Crippen LogP contribution in [0.5, 0.6) is 11.8 Å². The van der Waals surface area contributed by atoms with E-state index in [1.807, 2.05) is 13.0 Å². The van der Waals surface area contributed by atoms with E-state index in [0.717, 1.165) is 10.6 Å². The summed E-state index contributed by atoms with van der Waals surface area (Å²) in [6.07, 6.45) is 5.67. The Morgan fingerprint density at radius 3 is 2.36 bits per heavy atom. The molecule has 2 aromatic carbocycles. The number of ether oxygens (including phenoxy) is 2. The molecule has 3 aliphatic rings. The normalized spacial score (nSPS) is 17.6. The molecule has 5 heterocycles. The van der Waals surface area contributed by atoms with Crippen molar-refractivity contribution in [3.05, 3.63) is 84.0 Å². The third-order valence-corrected chi connectivity index (χ3v) is 13.6. The number of fused-ring (bicyclic) bond motifs is 4. The van der Waals surface area contributed by atoms with Gasteiger partial charge in [0.25, 0.3) is 11.8 Å². The van der Waals surface area contributed by atoms with Crippen LogP contribution in [0.25, 0.3) is 21.9 Å². The monoisotopic (exact) mass is 1020 g/mol. The Morgan fingerprint density at radius 2 is 1.69 bits per heavy atom. The lowest BCUT2D eigenvalue weighted by Gasteiger charge is -2.24. The zero-order chi connectivity index (χ0) is 52.6. The Morgan fingerprint density at radius 1 is 0.946 bits per heavy atom. The van der Waals surface area contributed by atoms with Gasteiger partial charge in [-0.3, -0.25) is 33.9 Å². The van der Waals surface area contributed by atoms with Crippen molar-refractivity contribution in [3.63, 3.8) is 0 Å². The summed E-state index contributed by atoms with van der Waals surface area (Å²) in [6.45, 7) is 7.03. The molecule has 8 N–H and O–H groups in total. The number of nitrogens with two attached hydrogens (primary N) is 1. The van der Waals surface area contributed by atoms with Gasteiger partial charge in [0.2, 0.25) is 11.8 Å². The number of aryl methyl sites for hydroxylation is 1. The molecular weight excluding hydrogens is 956 g/mol. The van der Waals surface area contributed by atoms with Gasteiger partial charge < -0.3 is 51.7 Å². The zero-order valence-electron chi connectivity index (χ0n) is 41.7. The first-order chi connectivity index (χ1) is 35.5. The van der Waals surface area contributed by atoms with Crippen LogP contribution >= 0.6 is 0 Å². The molecule has 1 saturated heterocycles. The van der Waals surface area contributed by atoms with Crippen LogP contribution in [0.15, 0.2) is 66.9 Å². The van der Waals surface area contributed by atoms with E-state index in [2.05, 4.69) is 46.4 Å². The minimum Gasteiger partial charge on any atom is -0.445 e. The Kier molecular flexibility index (Phi) is 16.3. The van der Waals surface area contributed by atoms with Crippen molar-refractivity contribution < 1.29 is 47.4 Å². The number of rotatable bonds is 24. The van der Waals surface area contributed by atoms with Crippen molar-refractivity contribution in [2.24, 2.45) is 29.4 Å². The molecule has 0 spiro atoms. The molecule has 3 aromatic heterocycles. The van der Waals surface area contributed by atoms with E-state index in [9.17, 15) is 38.0 Å². The van der Waals surface area contributed by atoms with Crippen LogP contribution in [0.2, 0.25) is 0 Å². The molecule has 5 aromatic rings. The first kappa shape index (κ1) is 52.2. The predicted octanol–water partition coefficient (Wildman–Crippen LogP) is 5.74. The van der Waals surface area contributed by atoms with Gasteiger partial charge >= 0.3 is 18.1 Å². The number of unbranched alkanes of at least 4 members (excludes halogenated alkanes) is 2. The van der Waals surface area contributed by atoms with Gasteiger partial charge in [-0.05, 0) is 80.5 Å². The number of primary amides is 1. The number of carbonyl (C=O) groups is 7. The maximum atomic E-state index is 14.9. The smallest absolute Gasteiger partial charge is 0.407 e. The summed E-state index contributed by atoms with van der Waals surface area (Å²) in [5.74, 6) is -2.00. The van der Waals surface area contributed by atoms with E-state index in [4.69, 9.17) is 20.2 Å². The maximum Gasteiger partial charge on any atom is 0.407 e. The maximum absolute atomic E-state index is 14.9. The van der Waals surface area contributed by atoms with Crippen LogP contribution in [-0.4, -0.2) is 112 Å². The first-order valence-corrected chi connectivity index (χ1v) is 24.8. The van der Waals surface area contributed by atoms with Gasteiger partial charge in [-0.25, -0.2) is 14.0 Å². The third kappa shape index (κ3) is 12.7. The fraction of sp³-hybridized carbons (Fsp3) is 0.423. The summed E-state index contributed by atoms with van der Waals surface area (Å²) in [4.78, 5) is 109. The van der Waals surface area contributed by atoms with Gasteiger partial charge in [-0.1, -0.05) is 32.4 Å². The minimum atomic E-state index is -0.850. The van der Waals surface area contributed by atoms with E-state index in [1.165, 1.54) is 24.3 Å². The number of halogens is 1. The second kappa shape index (κ2) is 23.1. The number of carbonyl (C=O) groups excluding carboxylic acids is 7. The molecule has 1 unspecified atom stereocenters. The molecule has 22 heteroatoms. The number of H-pyrrole nitrogens is 1. The van der Waals surface area contributed by atoms with E-state index in [0.29, 0.717) is 89.2 Å². The number of imide groups is 1. The average Bonchev–Trinajstić information content (AvgIpc) is 3.67. The molecule has 1 aliphatic carbocycles. The molecule has 8 rings (SSSR count). The summed E-state index contributed by atoms with van der Waals surface area (Å²) in [5.41, 5.74) is 8.89. The third-order valence-electron chi connectivity index (χ3n) is 13.6. The minimum absolute atomic E-state index is 0.0389. The SMILES string of the molecule is CNc1cc(F)cc2c1[nH]c1nc(Oc3ccc(C)nc3)nc(N3C[C@@H]4C(NC(=O)OCc5ccc(NC(=O)[C@H](CCCNC(N)=O)CC(=O)[C@@H](NC(=O)CCCCCN6C(=O)C=CC6=O)C(C)C)cc5)[C@@H]4C3)c12. The molecule has 0 radical (unpaired) electrons. The number of piperidine rings is 1. The number of aromatic amines is 1. The van der Waals surface area contributed by atoms with Gasteiger partial charge in [-0.15, -0.1) is 0 Å². The van der Waals surface area contributed by atoms with Crippen molar-refractivity contribution in [2.75, 3.05) is 48.8 Å². The molecule has 5 atom stereocenters. The van der Waals surface area contributed by atoms with E-state index < -0.39 is 35.8 Å². The average molecular weight is 1020 g/mol. The van der Waals surface area contributed by atoms with Crippen molar-refractivity contribution in [1.82, 2.24) is 40.8 Å². The van der Waals surface area contributed by atoms with Crippen LogP contribution < -0.4 is 42.0 Å². The van der Waals surface area contributed by atoms with Gasteiger partial charge in [0.15, 0.2) is 5.78 Å². The highest BCUT2D eigenvalue weighted by Gasteiger charge is 2.57. The number of alkyl carbamates (subject to hydrolysis) is 1. The molecule has 21 nitrogen and oxygen atoms in total. The Balaban J connectivity index is 0.821. The van der Waals surface area contributed by atoms with Gasteiger partial charge in [-0.2, -0.15) is 9.97 Å². The number of urea groups is 1. The number of amides is 7. The van der Waals surface area contributed by atoms with Gasteiger partial charge in [0, 0.05) is 98.8 Å². The highest BCUT2D eigenvalue weighted by Crippen LogP contribution is 2.48. The second-order valence-electron chi connectivity index (χ2n) is 19.3. The molecule has 2 fully saturated rings. The summed E-state index contributed by atoms with van der Waals surface area (Å²) >= 11 is 0. The topological polar surface area (TPSA) is 285 Å². The van der Waals surface area contributed by atoms with Crippen LogP contribution in [0.3, 0.4) is 0 Å². The van der Waals surface area contributed by atoms with Crippen molar-refractivity contribution in [3.8, 4) is 11.8 Å². The molecule has 1 saturated carbocycles. The highest BCUT2D eigenvalue weighted by atomic mass is 19.1. The van der Waals surface area contributed by atoms with Crippen LogP contribution in [0.4, 0.5) is 31.2 Å². The number of nitrogens with zero attached hydrogens (tertiary/aromatic N) is 5. The highest BCUT2D eigenvalue weighted by molar-refractivity contribution is 6.15. The summed E-state index contributed by atoms with van der Waals surface area (Å²) in [5, 5.41) is 15.5. The summed E-state index contributed by atoms with van der Waals surface area (Å²) in [7, 11) is 1.72. The number of benzene rings is 2.